The molecule has 3 nitrogen and oxygen atoms in total. The predicted molar refractivity (Wildman–Crippen MR) is 92.3 cm³/mol. The normalized spacial score (nSPS) is 10.2. The number of carbonyl (C=O) groups is 1. The Kier molecular flexibility index (Phi) is 5.91. The lowest BCUT2D eigenvalue weighted by molar-refractivity contribution is -0.115. The summed E-state index contributed by atoms with van der Waals surface area (Å²) in [6.45, 7) is 0.531. The van der Waals surface area contributed by atoms with E-state index in [1.54, 1.807) is 18.2 Å². The van der Waals surface area contributed by atoms with Crippen molar-refractivity contribution in [3.63, 3.8) is 0 Å². The van der Waals surface area contributed by atoms with Crippen molar-refractivity contribution in [1.29, 1.82) is 0 Å². The number of benzene rings is 2. The highest BCUT2D eigenvalue weighted by molar-refractivity contribution is 9.10. The van der Waals surface area contributed by atoms with Gasteiger partial charge in [-0.25, -0.2) is 0 Å². The highest BCUT2D eigenvalue weighted by atomic mass is 79.9. The molecule has 0 bridgehead atoms. The minimum atomic E-state index is -0.104. The van der Waals surface area contributed by atoms with Gasteiger partial charge in [0.1, 0.15) is 0 Å². The van der Waals surface area contributed by atoms with Crippen molar-refractivity contribution in [2.24, 2.45) is 0 Å². The van der Waals surface area contributed by atoms with Gasteiger partial charge in [0, 0.05) is 38.9 Å². The number of nitrogens with one attached hydrogen (secondary N) is 2. The van der Waals surface area contributed by atoms with Gasteiger partial charge in [-0.05, 0) is 46.3 Å². The number of hydrogen-bond acceptors (Lipinski definition) is 2. The number of hydrogen-bond donors (Lipinski definition) is 2. The van der Waals surface area contributed by atoms with Gasteiger partial charge >= 0.3 is 0 Å². The fraction of sp³-hybridized carbons (Fsp3) is 0.133. The van der Waals surface area contributed by atoms with Gasteiger partial charge in [0.15, 0.2) is 0 Å². The third kappa shape index (κ3) is 5.23. The first kappa shape index (κ1) is 16.1. The molecular weight excluding hydrogens is 375 g/mol. The molecule has 2 aromatic rings. The molecule has 0 aliphatic heterocycles. The maximum absolute atomic E-state index is 11.9. The van der Waals surface area contributed by atoms with E-state index in [2.05, 4.69) is 26.6 Å². The van der Waals surface area contributed by atoms with E-state index in [1.807, 2.05) is 24.3 Å². The summed E-state index contributed by atoms with van der Waals surface area (Å²) in [5.41, 5.74) is 1.55. The van der Waals surface area contributed by atoms with E-state index in [0.717, 1.165) is 10.2 Å². The first-order valence-electron chi connectivity index (χ1n) is 6.29. The minimum absolute atomic E-state index is 0.104. The van der Waals surface area contributed by atoms with Gasteiger partial charge in [0.25, 0.3) is 0 Å². The second kappa shape index (κ2) is 7.69. The zero-order chi connectivity index (χ0) is 15.2. The molecule has 0 unspecified atom stereocenters. The van der Waals surface area contributed by atoms with Crippen LogP contribution in [-0.4, -0.2) is 12.5 Å². The molecule has 6 heteroatoms. The fourth-order valence-electron chi connectivity index (χ4n) is 1.76. The number of carbonyl (C=O) groups excluding carboxylic acids is 1. The molecule has 1 amide bonds. The van der Waals surface area contributed by atoms with Crippen molar-refractivity contribution < 1.29 is 4.79 Å². The summed E-state index contributed by atoms with van der Waals surface area (Å²) in [5, 5.41) is 6.94. The second-order valence-corrected chi connectivity index (χ2v) is 6.09. The Morgan fingerprint density at radius 3 is 2.43 bits per heavy atom. The Labute approximate surface area is 141 Å². The molecule has 0 saturated heterocycles. The van der Waals surface area contributed by atoms with Crippen LogP contribution in [0.1, 0.15) is 6.42 Å². The highest BCUT2D eigenvalue weighted by Crippen LogP contribution is 2.23. The zero-order valence-electron chi connectivity index (χ0n) is 11.0. The quantitative estimate of drug-likeness (QED) is 0.740. The maximum Gasteiger partial charge on any atom is 0.226 e. The smallest absolute Gasteiger partial charge is 0.226 e. The van der Waals surface area contributed by atoms with Crippen LogP contribution in [0, 0.1) is 0 Å². The molecular formula is C15H13BrCl2N2O. The van der Waals surface area contributed by atoms with Gasteiger partial charge in [0.2, 0.25) is 5.91 Å². The molecule has 110 valence electrons. The molecule has 0 aliphatic rings. The van der Waals surface area contributed by atoms with Crippen molar-refractivity contribution in [1.82, 2.24) is 0 Å². The third-order valence-electron chi connectivity index (χ3n) is 2.69. The number of halogens is 3. The number of amides is 1. The summed E-state index contributed by atoms with van der Waals surface area (Å²) in [7, 11) is 0. The van der Waals surface area contributed by atoms with E-state index < -0.39 is 0 Å². The molecule has 0 spiro atoms. The summed E-state index contributed by atoms with van der Waals surface area (Å²) in [6.07, 6.45) is 0.339. The van der Waals surface area contributed by atoms with Crippen molar-refractivity contribution in [2.75, 3.05) is 17.2 Å². The SMILES string of the molecule is O=C(CCNc1ccccc1Br)Nc1cc(Cl)cc(Cl)c1. The average molecular weight is 388 g/mol. The largest absolute Gasteiger partial charge is 0.384 e. The van der Waals surface area contributed by atoms with Gasteiger partial charge in [-0.15, -0.1) is 0 Å². The van der Waals surface area contributed by atoms with E-state index in [0.29, 0.717) is 28.7 Å². The number of para-hydroxylation sites is 1. The van der Waals surface area contributed by atoms with Gasteiger partial charge < -0.3 is 10.6 Å². The lowest BCUT2D eigenvalue weighted by Gasteiger charge is -2.09. The Bertz CT molecular complexity index is 629. The van der Waals surface area contributed by atoms with Crippen molar-refractivity contribution >= 4 is 56.4 Å². The van der Waals surface area contributed by atoms with Crippen molar-refractivity contribution in [3.05, 3.63) is 57.0 Å². The van der Waals surface area contributed by atoms with Gasteiger partial charge in [-0.2, -0.15) is 0 Å². The topological polar surface area (TPSA) is 41.1 Å². The monoisotopic (exact) mass is 386 g/mol. The molecule has 0 heterocycles. The molecule has 0 radical (unpaired) electrons. The molecule has 21 heavy (non-hydrogen) atoms. The summed E-state index contributed by atoms with van der Waals surface area (Å²) < 4.78 is 0.965. The van der Waals surface area contributed by atoms with E-state index in [4.69, 9.17) is 23.2 Å². The summed E-state index contributed by atoms with van der Waals surface area (Å²) in [5.74, 6) is -0.104. The van der Waals surface area contributed by atoms with Crippen LogP contribution in [0.2, 0.25) is 10.0 Å². The fourth-order valence-corrected chi connectivity index (χ4v) is 2.72. The lowest BCUT2D eigenvalue weighted by atomic mass is 10.3. The molecule has 0 aliphatic carbocycles. The molecule has 0 saturated carbocycles. The van der Waals surface area contributed by atoms with E-state index in [1.165, 1.54) is 0 Å². The second-order valence-electron chi connectivity index (χ2n) is 4.36. The van der Waals surface area contributed by atoms with Gasteiger partial charge in [-0.1, -0.05) is 35.3 Å². The van der Waals surface area contributed by atoms with Crippen LogP contribution in [0.25, 0.3) is 0 Å². The zero-order valence-corrected chi connectivity index (χ0v) is 14.1. The maximum atomic E-state index is 11.9. The van der Waals surface area contributed by atoms with Crippen LogP contribution in [-0.2, 0) is 4.79 Å². The Morgan fingerprint density at radius 2 is 1.76 bits per heavy atom. The third-order valence-corrected chi connectivity index (χ3v) is 3.82. The molecule has 2 rings (SSSR count). The summed E-state index contributed by atoms with van der Waals surface area (Å²) in [4.78, 5) is 11.9. The lowest BCUT2D eigenvalue weighted by Crippen LogP contribution is -2.16. The predicted octanol–water partition coefficient (Wildman–Crippen LogP) is 5.20. The minimum Gasteiger partial charge on any atom is -0.384 e. The van der Waals surface area contributed by atoms with E-state index >= 15 is 0 Å². The molecule has 0 atom stereocenters. The Balaban J connectivity index is 1.84. The van der Waals surface area contributed by atoms with Gasteiger partial charge in [-0.3, -0.25) is 4.79 Å². The number of anilines is 2. The molecule has 2 aromatic carbocycles. The number of rotatable bonds is 5. The molecule has 0 aromatic heterocycles. The van der Waals surface area contributed by atoms with Crippen LogP contribution < -0.4 is 10.6 Å². The first-order chi connectivity index (χ1) is 10.0. The standard InChI is InChI=1S/C15H13BrCl2N2O/c16-13-3-1-2-4-14(13)19-6-5-15(21)20-12-8-10(17)7-11(18)9-12/h1-4,7-9,19H,5-6H2,(H,20,21). The highest BCUT2D eigenvalue weighted by Gasteiger charge is 2.05. The van der Waals surface area contributed by atoms with Gasteiger partial charge in [0.05, 0.1) is 0 Å². The van der Waals surface area contributed by atoms with E-state index in [9.17, 15) is 4.79 Å². The van der Waals surface area contributed by atoms with Crippen molar-refractivity contribution in [3.8, 4) is 0 Å². The average Bonchev–Trinajstić information content (AvgIpc) is 2.39. The van der Waals surface area contributed by atoms with Crippen LogP contribution in [0.15, 0.2) is 46.9 Å². The van der Waals surface area contributed by atoms with Crippen LogP contribution >= 0.6 is 39.1 Å². The van der Waals surface area contributed by atoms with Crippen molar-refractivity contribution in [2.45, 2.75) is 6.42 Å². The van der Waals surface area contributed by atoms with Crippen LogP contribution in [0.4, 0.5) is 11.4 Å². The van der Waals surface area contributed by atoms with Crippen LogP contribution in [0.5, 0.6) is 0 Å². The first-order valence-corrected chi connectivity index (χ1v) is 7.84. The molecule has 0 fully saturated rings. The summed E-state index contributed by atoms with van der Waals surface area (Å²) >= 11 is 15.2. The Hall–Kier alpha value is -1.23. The van der Waals surface area contributed by atoms with E-state index in [-0.39, 0.29) is 5.91 Å². The summed E-state index contributed by atoms with van der Waals surface area (Å²) in [6, 6.07) is 12.7. The van der Waals surface area contributed by atoms with Crippen LogP contribution in [0.3, 0.4) is 0 Å². The molecule has 2 N–H and O–H groups in total. The Morgan fingerprint density at radius 1 is 1.10 bits per heavy atom.